The quantitative estimate of drug-likeness (QED) is 0.829. The zero-order valence-corrected chi connectivity index (χ0v) is 10.2. The van der Waals surface area contributed by atoms with Gasteiger partial charge in [-0.2, -0.15) is 0 Å². The molecule has 1 heterocycles. The number of hydrogen-bond acceptors (Lipinski definition) is 5. The summed E-state index contributed by atoms with van der Waals surface area (Å²) in [5, 5.41) is 2.94. The van der Waals surface area contributed by atoms with Gasteiger partial charge in [0.25, 0.3) is 0 Å². The fraction of sp³-hybridized carbons (Fsp3) is 0.0769. The number of anilines is 3. The lowest BCUT2D eigenvalue weighted by Gasteiger charge is -2.08. The third kappa shape index (κ3) is 2.98. The largest absolute Gasteiger partial charge is 0.465 e. The maximum atomic E-state index is 12.8. The highest BCUT2D eigenvalue weighted by atomic mass is 19.1. The van der Waals surface area contributed by atoms with Gasteiger partial charge < -0.3 is 15.8 Å². The number of nitrogens with one attached hydrogen (secondary N) is 1. The van der Waals surface area contributed by atoms with Gasteiger partial charge in [-0.3, -0.25) is 0 Å². The number of aromatic nitrogens is 1. The van der Waals surface area contributed by atoms with Crippen LogP contribution in [0.5, 0.6) is 0 Å². The molecule has 1 aromatic heterocycles. The third-order valence-corrected chi connectivity index (χ3v) is 2.46. The van der Waals surface area contributed by atoms with Gasteiger partial charge in [0.1, 0.15) is 11.6 Å². The van der Waals surface area contributed by atoms with Crippen molar-refractivity contribution >= 4 is 23.2 Å². The smallest absolute Gasteiger partial charge is 0.340 e. The second-order valence-electron chi connectivity index (χ2n) is 3.78. The molecule has 98 valence electrons. The topological polar surface area (TPSA) is 77.2 Å². The summed E-state index contributed by atoms with van der Waals surface area (Å²) in [5.74, 6) is -0.450. The van der Waals surface area contributed by atoms with Gasteiger partial charge in [0.05, 0.1) is 24.6 Å². The zero-order valence-electron chi connectivity index (χ0n) is 10.2. The monoisotopic (exact) mass is 261 g/mol. The highest BCUT2D eigenvalue weighted by molar-refractivity contribution is 5.95. The van der Waals surface area contributed by atoms with Crippen molar-refractivity contribution in [1.29, 1.82) is 0 Å². The van der Waals surface area contributed by atoms with Crippen molar-refractivity contribution in [1.82, 2.24) is 4.98 Å². The molecule has 0 saturated carbocycles. The van der Waals surface area contributed by atoms with Crippen LogP contribution >= 0.6 is 0 Å². The Kier molecular flexibility index (Phi) is 3.61. The van der Waals surface area contributed by atoms with E-state index in [1.54, 1.807) is 12.1 Å². The number of esters is 1. The predicted molar refractivity (Wildman–Crippen MR) is 69.7 cm³/mol. The van der Waals surface area contributed by atoms with Crippen molar-refractivity contribution in [2.45, 2.75) is 0 Å². The fourth-order valence-electron chi connectivity index (χ4n) is 1.50. The van der Waals surface area contributed by atoms with E-state index >= 15 is 0 Å². The lowest BCUT2D eigenvalue weighted by atomic mass is 10.2. The number of nitrogen functional groups attached to an aromatic ring is 1. The maximum absolute atomic E-state index is 12.8. The van der Waals surface area contributed by atoms with Crippen molar-refractivity contribution < 1.29 is 13.9 Å². The van der Waals surface area contributed by atoms with Crippen LogP contribution < -0.4 is 11.1 Å². The number of methoxy groups -OCH3 is 1. The lowest BCUT2D eigenvalue weighted by Crippen LogP contribution is -2.07. The Balaban J connectivity index is 2.26. The Hall–Kier alpha value is -2.63. The molecule has 0 aliphatic rings. The normalized spacial score (nSPS) is 10.0. The van der Waals surface area contributed by atoms with Crippen LogP contribution in [0.25, 0.3) is 0 Å². The average Bonchev–Trinajstić information content (AvgIpc) is 2.42. The highest BCUT2D eigenvalue weighted by Gasteiger charge is 2.11. The molecule has 0 spiro atoms. The van der Waals surface area contributed by atoms with Crippen molar-refractivity contribution in [3.8, 4) is 0 Å². The Morgan fingerprint density at radius 1 is 1.37 bits per heavy atom. The van der Waals surface area contributed by atoms with Crippen molar-refractivity contribution in [3.63, 3.8) is 0 Å². The standard InChI is InChI=1S/C13H12FN3O2/c1-19-13(18)10-6-12(16-7-11(10)15)17-9-4-2-8(14)3-5-9/h2-7H,15H2,1H3,(H,16,17). The summed E-state index contributed by atoms with van der Waals surface area (Å²) in [6, 6.07) is 7.24. The Morgan fingerprint density at radius 3 is 2.68 bits per heavy atom. The fourth-order valence-corrected chi connectivity index (χ4v) is 1.50. The van der Waals surface area contributed by atoms with E-state index < -0.39 is 5.97 Å². The zero-order chi connectivity index (χ0) is 13.8. The van der Waals surface area contributed by atoms with Crippen molar-refractivity contribution in [2.75, 3.05) is 18.2 Å². The minimum atomic E-state index is -0.540. The van der Waals surface area contributed by atoms with Crippen LogP contribution in [-0.2, 0) is 4.74 Å². The van der Waals surface area contributed by atoms with Crippen LogP contribution in [0.4, 0.5) is 21.6 Å². The first-order valence-corrected chi connectivity index (χ1v) is 5.46. The van der Waals surface area contributed by atoms with Crippen molar-refractivity contribution in [2.24, 2.45) is 0 Å². The number of nitrogens with zero attached hydrogens (tertiary/aromatic N) is 1. The van der Waals surface area contributed by atoms with E-state index in [9.17, 15) is 9.18 Å². The van der Waals surface area contributed by atoms with E-state index in [4.69, 9.17) is 5.73 Å². The molecule has 0 bridgehead atoms. The SMILES string of the molecule is COC(=O)c1cc(Nc2ccc(F)cc2)ncc1N. The summed E-state index contributed by atoms with van der Waals surface area (Å²) >= 11 is 0. The molecule has 0 amide bonds. The molecule has 0 aliphatic heterocycles. The number of hydrogen-bond donors (Lipinski definition) is 2. The first-order valence-electron chi connectivity index (χ1n) is 5.46. The van der Waals surface area contributed by atoms with Crippen LogP contribution in [0, 0.1) is 5.82 Å². The van der Waals surface area contributed by atoms with Crippen LogP contribution in [0.1, 0.15) is 10.4 Å². The van der Waals surface area contributed by atoms with Gasteiger partial charge >= 0.3 is 5.97 Å². The minimum absolute atomic E-state index is 0.224. The van der Waals surface area contributed by atoms with Crippen LogP contribution in [0.15, 0.2) is 36.5 Å². The summed E-state index contributed by atoms with van der Waals surface area (Å²) in [7, 11) is 1.27. The van der Waals surface area contributed by atoms with Gasteiger partial charge in [0.2, 0.25) is 0 Å². The van der Waals surface area contributed by atoms with Crippen molar-refractivity contribution in [3.05, 3.63) is 47.9 Å². The number of ether oxygens (including phenoxy) is 1. The molecule has 0 atom stereocenters. The lowest BCUT2D eigenvalue weighted by molar-refractivity contribution is 0.0602. The number of pyridine rings is 1. The van der Waals surface area contributed by atoms with Gasteiger partial charge in [-0.05, 0) is 30.3 Å². The molecule has 0 aliphatic carbocycles. The predicted octanol–water partition coefficient (Wildman–Crippen LogP) is 2.33. The molecule has 5 nitrogen and oxygen atoms in total. The highest BCUT2D eigenvalue weighted by Crippen LogP contribution is 2.19. The Morgan fingerprint density at radius 2 is 2.05 bits per heavy atom. The molecule has 19 heavy (non-hydrogen) atoms. The van der Waals surface area contributed by atoms with Gasteiger partial charge in [-0.15, -0.1) is 0 Å². The van der Waals surface area contributed by atoms with Crippen LogP contribution in [0.2, 0.25) is 0 Å². The van der Waals surface area contributed by atoms with Gasteiger partial charge in [0.15, 0.2) is 0 Å². The minimum Gasteiger partial charge on any atom is -0.465 e. The second kappa shape index (κ2) is 5.34. The summed E-state index contributed by atoms with van der Waals surface area (Å²) < 4.78 is 17.4. The molecule has 3 N–H and O–H groups in total. The Labute approximate surface area is 109 Å². The number of carbonyl (C=O) groups excluding carboxylic acids is 1. The van der Waals surface area contributed by atoms with E-state index in [2.05, 4.69) is 15.0 Å². The molecule has 1 aromatic carbocycles. The summed E-state index contributed by atoms with van der Waals surface area (Å²) in [4.78, 5) is 15.5. The summed E-state index contributed by atoms with van der Waals surface area (Å²) in [6.07, 6.45) is 1.36. The first kappa shape index (κ1) is 12.8. The third-order valence-electron chi connectivity index (χ3n) is 2.46. The number of benzene rings is 1. The molecular weight excluding hydrogens is 249 g/mol. The summed E-state index contributed by atoms with van der Waals surface area (Å²) in [5.41, 5.74) is 6.74. The molecule has 0 fully saturated rings. The number of nitrogens with two attached hydrogens (primary N) is 1. The molecule has 2 aromatic rings. The maximum Gasteiger partial charge on any atom is 0.340 e. The molecule has 2 rings (SSSR count). The molecule has 0 unspecified atom stereocenters. The average molecular weight is 261 g/mol. The Bertz CT molecular complexity index is 599. The molecule has 6 heteroatoms. The van der Waals surface area contributed by atoms with E-state index in [1.165, 1.54) is 31.5 Å². The van der Waals surface area contributed by atoms with Gasteiger partial charge in [0, 0.05) is 5.69 Å². The molecular formula is C13H12FN3O2. The first-order chi connectivity index (χ1) is 9.10. The van der Waals surface area contributed by atoms with E-state index in [-0.39, 0.29) is 17.1 Å². The molecule has 0 radical (unpaired) electrons. The number of carbonyl (C=O) groups is 1. The number of rotatable bonds is 3. The summed E-state index contributed by atoms with van der Waals surface area (Å²) in [6.45, 7) is 0. The molecule has 0 saturated heterocycles. The number of halogens is 1. The van der Waals surface area contributed by atoms with Gasteiger partial charge in [-0.1, -0.05) is 0 Å². The van der Waals surface area contributed by atoms with Crippen LogP contribution in [-0.4, -0.2) is 18.1 Å². The van der Waals surface area contributed by atoms with E-state index in [0.717, 1.165) is 0 Å². The van der Waals surface area contributed by atoms with E-state index in [1.807, 2.05) is 0 Å². The van der Waals surface area contributed by atoms with E-state index in [0.29, 0.717) is 11.5 Å². The second-order valence-corrected chi connectivity index (χ2v) is 3.78. The van der Waals surface area contributed by atoms with Gasteiger partial charge in [-0.25, -0.2) is 14.2 Å². The van der Waals surface area contributed by atoms with Crippen LogP contribution in [0.3, 0.4) is 0 Å².